The summed E-state index contributed by atoms with van der Waals surface area (Å²) in [4.78, 5) is 11.3. The summed E-state index contributed by atoms with van der Waals surface area (Å²) in [6.45, 7) is 0.777. The van der Waals surface area contributed by atoms with Crippen LogP contribution in [0.15, 0.2) is 48.5 Å². The van der Waals surface area contributed by atoms with Crippen LogP contribution in [0.2, 0.25) is 5.02 Å². The first-order valence-corrected chi connectivity index (χ1v) is 7.84. The van der Waals surface area contributed by atoms with Crippen LogP contribution in [0.25, 0.3) is 11.0 Å². The number of carbonyl (C=O) groups is 1. The zero-order chi connectivity index (χ0) is 17.1. The number of nitrogens with zero attached hydrogens (tertiary/aromatic N) is 2. The van der Waals surface area contributed by atoms with Gasteiger partial charge in [0, 0.05) is 0 Å². The molecule has 2 aromatic carbocycles. The van der Waals surface area contributed by atoms with Crippen LogP contribution in [0.5, 0.6) is 5.75 Å². The van der Waals surface area contributed by atoms with Crippen molar-refractivity contribution in [1.29, 1.82) is 5.41 Å². The second-order valence-electron chi connectivity index (χ2n) is 5.30. The third-order valence-corrected chi connectivity index (χ3v) is 4.01. The van der Waals surface area contributed by atoms with Crippen LogP contribution in [0.4, 0.5) is 0 Å². The number of nitrogens with one attached hydrogen (secondary N) is 1. The molecule has 0 radical (unpaired) electrons. The standard InChI is InChI=1S/C17H17ClN4O2.BrH/c18-12-5-1-4-8-15(12)24-10-9-21-13-6-2-3-7-14(13)22(17(21)20)11-16(19)23;/h1-8,20H,9-11H2,(H2,19,23);1H. The molecule has 1 aromatic heterocycles. The summed E-state index contributed by atoms with van der Waals surface area (Å²) < 4.78 is 9.08. The maximum Gasteiger partial charge on any atom is 0.237 e. The Balaban J connectivity index is 0.00000225. The van der Waals surface area contributed by atoms with Gasteiger partial charge in [-0.15, -0.1) is 17.0 Å². The number of primary amides is 1. The molecule has 0 unspecified atom stereocenters. The lowest BCUT2D eigenvalue weighted by molar-refractivity contribution is -0.118. The van der Waals surface area contributed by atoms with E-state index < -0.39 is 5.91 Å². The molecule has 0 fully saturated rings. The van der Waals surface area contributed by atoms with Crippen LogP contribution >= 0.6 is 28.6 Å². The van der Waals surface area contributed by atoms with Crippen molar-refractivity contribution in [2.24, 2.45) is 5.73 Å². The Morgan fingerprint density at radius 1 is 1.08 bits per heavy atom. The molecule has 8 heteroatoms. The van der Waals surface area contributed by atoms with E-state index in [1.165, 1.54) is 0 Å². The Kier molecular flexibility index (Phi) is 6.27. The van der Waals surface area contributed by atoms with Crippen LogP contribution in [0, 0.1) is 5.41 Å². The van der Waals surface area contributed by atoms with E-state index >= 15 is 0 Å². The summed E-state index contributed by atoms with van der Waals surface area (Å²) in [5.41, 5.74) is 7.15. The van der Waals surface area contributed by atoms with Gasteiger partial charge < -0.3 is 19.6 Å². The summed E-state index contributed by atoms with van der Waals surface area (Å²) in [5.74, 6) is 0.121. The van der Waals surface area contributed by atoms with Gasteiger partial charge >= 0.3 is 0 Å². The highest BCUT2D eigenvalue weighted by Crippen LogP contribution is 2.23. The number of rotatable bonds is 6. The minimum absolute atomic E-state index is 0. The Morgan fingerprint density at radius 2 is 1.68 bits per heavy atom. The van der Waals surface area contributed by atoms with Gasteiger partial charge in [-0.05, 0) is 24.3 Å². The largest absolute Gasteiger partial charge is 0.490 e. The third kappa shape index (κ3) is 4.05. The van der Waals surface area contributed by atoms with E-state index in [4.69, 9.17) is 27.5 Å². The number of fused-ring (bicyclic) bond motifs is 1. The fourth-order valence-electron chi connectivity index (χ4n) is 2.65. The maximum absolute atomic E-state index is 11.3. The molecule has 0 aliphatic heterocycles. The number of halogens is 2. The Hall–Kier alpha value is -2.25. The van der Waals surface area contributed by atoms with Gasteiger partial charge in [-0.25, -0.2) is 0 Å². The summed E-state index contributed by atoms with van der Waals surface area (Å²) in [6, 6.07) is 14.8. The van der Waals surface area contributed by atoms with Crippen molar-refractivity contribution in [2.75, 3.05) is 6.61 Å². The molecule has 1 heterocycles. The lowest BCUT2D eigenvalue weighted by Gasteiger charge is -2.09. The molecule has 3 rings (SSSR count). The summed E-state index contributed by atoms with van der Waals surface area (Å²) in [6.07, 6.45) is 0. The molecule has 1 amide bonds. The molecule has 3 aromatic rings. The predicted molar refractivity (Wildman–Crippen MR) is 102 cm³/mol. The van der Waals surface area contributed by atoms with Crippen molar-refractivity contribution in [3.05, 3.63) is 59.2 Å². The minimum Gasteiger partial charge on any atom is -0.490 e. The SMILES string of the molecule is Br.N=c1n(CCOc2ccccc2Cl)c2ccccc2n1CC(N)=O. The Bertz CT molecular complexity index is 951. The van der Waals surface area contributed by atoms with Crippen molar-refractivity contribution in [3.8, 4) is 5.75 Å². The molecule has 25 heavy (non-hydrogen) atoms. The van der Waals surface area contributed by atoms with Crippen LogP contribution in [-0.2, 0) is 17.9 Å². The van der Waals surface area contributed by atoms with Gasteiger partial charge in [0.05, 0.1) is 22.6 Å². The lowest BCUT2D eigenvalue weighted by Crippen LogP contribution is -2.30. The maximum atomic E-state index is 11.3. The molecule has 0 saturated heterocycles. The van der Waals surface area contributed by atoms with E-state index in [-0.39, 0.29) is 29.1 Å². The van der Waals surface area contributed by atoms with Gasteiger partial charge in [0.1, 0.15) is 18.9 Å². The molecule has 0 atom stereocenters. The molecule has 0 spiro atoms. The first-order valence-electron chi connectivity index (χ1n) is 7.46. The number of imidazole rings is 1. The zero-order valence-corrected chi connectivity index (χ0v) is 15.8. The molecule has 0 aliphatic rings. The fourth-order valence-corrected chi connectivity index (χ4v) is 2.84. The van der Waals surface area contributed by atoms with Crippen molar-refractivity contribution in [1.82, 2.24) is 9.13 Å². The minimum atomic E-state index is -0.483. The van der Waals surface area contributed by atoms with Crippen molar-refractivity contribution in [3.63, 3.8) is 0 Å². The molecule has 132 valence electrons. The second-order valence-corrected chi connectivity index (χ2v) is 5.70. The Morgan fingerprint density at radius 3 is 2.32 bits per heavy atom. The number of aromatic nitrogens is 2. The van der Waals surface area contributed by atoms with E-state index in [1.54, 1.807) is 21.3 Å². The average Bonchev–Trinajstić information content (AvgIpc) is 2.82. The van der Waals surface area contributed by atoms with E-state index in [0.717, 1.165) is 11.0 Å². The highest BCUT2D eigenvalue weighted by atomic mass is 79.9. The highest BCUT2D eigenvalue weighted by molar-refractivity contribution is 8.93. The summed E-state index contributed by atoms with van der Waals surface area (Å²) in [5, 5.41) is 8.88. The fraction of sp³-hybridized carbons (Fsp3) is 0.176. The van der Waals surface area contributed by atoms with Crippen molar-refractivity contribution >= 4 is 45.5 Å². The van der Waals surface area contributed by atoms with Crippen molar-refractivity contribution < 1.29 is 9.53 Å². The smallest absolute Gasteiger partial charge is 0.237 e. The van der Waals surface area contributed by atoms with Crippen molar-refractivity contribution in [2.45, 2.75) is 13.1 Å². The summed E-state index contributed by atoms with van der Waals surface area (Å²) in [7, 11) is 0. The number of para-hydroxylation sites is 3. The number of hydrogen-bond acceptors (Lipinski definition) is 3. The monoisotopic (exact) mass is 424 g/mol. The van der Waals surface area contributed by atoms with Gasteiger partial charge in [0.15, 0.2) is 0 Å². The van der Waals surface area contributed by atoms with Crippen LogP contribution in [-0.4, -0.2) is 21.6 Å². The number of carbonyl (C=O) groups excluding carboxylic acids is 1. The molecule has 0 bridgehead atoms. The van der Waals surface area contributed by atoms with Gasteiger partial charge in [-0.2, -0.15) is 0 Å². The van der Waals surface area contributed by atoms with Gasteiger partial charge in [0.2, 0.25) is 11.5 Å². The first-order chi connectivity index (χ1) is 11.6. The second kappa shape index (κ2) is 8.22. The average molecular weight is 426 g/mol. The van der Waals surface area contributed by atoms with Crippen LogP contribution in [0.1, 0.15) is 0 Å². The van der Waals surface area contributed by atoms with E-state index in [9.17, 15) is 4.79 Å². The molecular formula is C17H18BrClN4O2. The third-order valence-electron chi connectivity index (χ3n) is 3.70. The predicted octanol–water partition coefficient (Wildman–Crippen LogP) is 2.72. The number of amides is 1. The summed E-state index contributed by atoms with van der Waals surface area (Å²) >= 11 is 6.07. The molecule has 3 N–H and O–H groups in total. The van der Waals surface area contributed by atoms with E-state index in [2.05, 4.69) is 0 Å². The van der Waals surface area contributed by atoms with E-state index in [0.29, 0.717) is 23.9 Å². The highest BCUT2D eigenvalue weighted by Gasteiger charge is 2.12. The quantitative estimate of drug-likeness (QED) is 0.636. The zero-order valence-electron chi connectivity index (χ0n) is 13.3. The van der Waals surface area contributed by atoms with Gasteiger partial charge in [0.25, 0.3) is 0 Å². The van der Waals surface area contributed by atoms with Crippen LogP contribution in [0.3, 0.4) is 0 Å². The number of benzene rings is 2. The number of ether oxygens (including phenoxy) is 1. The molecule has 0 aliphatic carbocycles. The van der Waals surface area contributed by atoms with E-state index in [1.807, 2.05) is 36.4 Å². The normalized spacial score (nSPS) is 10.4. The Labute approximate surface area is 160 Å². The van der Waals surface area contributed by atoms with Crippen LogP contribution < -0.4 is 16.1 Å². The molecule has 6 nitrogen and oxygen atoms in total. The lowest BCUT2D eigenvalue weighted by atomic mass is 10.3. The van der Waals surface area contributed by atoms with Gasteiger partial charge in [-0.3, -0.25) is 10.2 Å². The topological polar surface area (TPSA) is 86.0 Å². The van der Waals surface area contributed by atoms with Gasteiger partial charge in [-0.1, -0.05) is 35.9 Å². The number of hydrogen-bond donors (Lipinski definition) is 2. The molecule has 0 saturated carbocycles. The molecular weight excluding hydrogens is 408 g/mol. The number of nitrogens with two attached hydrogens (primary N) is 1. The first kappa shape index (κ1) is 19.1.